The van der Waals surface area contributed by atoms with E-state index in [1.807, 2.05) is 18.3 Å². The maximum atomic E-state index is 5.28. The van der Waals surface area contributed by atoms with Crippen LogP contribution in [0, 0.1) is 0 Å². The van der Waals surface area contributed by atoms with E-state index >= 15 is 0 Å². The van der Waals surface area contributed by atoms with E-state index in [0.29, 0.717) is 11.9 Å². The Bertz CT molecular complexity index is 315. The van der Waals surface area contributed by atoms with E-state index in [-0.39, 0.29) is 0 Å². The van der Waals surface area contributed by atoms with E-state index in [9.17, 15) is 0 Å². The molecule has 3 N–H and O–H groups in total. The van der Waals surface area contributed by atoms with E-state index in [1.165, 1.54) is 5.56 Å². The molecule has 1 aromatic rings. The zero-order valence-electron chi connectivity index (χ0n) is 10.8. The van der Waals surface area contributed by atoms with Gasteiger partial charge in [0.2, 0.25) is 0 Å². The van der Waals surface area contributed by atoms with Crippen LogP contribution in [0.3, 0.4) is 0 Å². The van der Waals surface area contributed by atoms with Crippen LogP contribution in [-0.2, 0) is 11.3 Å². The molecular weight excluding hydrogens is 216 g/mol. The minimum atomic E-state index is 0.400. The van der Waals surface area contributed by atoms with Gasteiger partial charge in [0.05, 0.1) is 6.61 Å². The largest absolute Gasteiger partial charge is 0.383 e. The van der Waals surface area contributed by atoms with Crippen LogP contribution in [0.15, 0.2) is 18.3 Å². The fourth-order valence-electron chi connectivity index (χ4n) is 1.76. The van der Waals surface area contributed by atoms with E-state index in [4.69, 9.17) is 10.6 Å². The van der Waals surface area contributed by atoms with Crippen LogP contribution in [0.2, 0.25) is 0 Å². The van der Waals surface area contributed by atoms with Gasteiger partial charge in [0.1, 0.15) is 5.82 Å². The zero-order valence-corrected chi connectivity index (χ0v) is 10.8. The van der Waals surface area contributed by atoms with Gasteiger partial charge < -0.3 is 10.2 Å². The number of hydrogen-bond donors (Lipinski definition) is 2. The molecule has 0 saturated heterocycles. The predicted molar refractivity (Wildman–Crippen MR) is 69.5 cm³/mol. The van der Waals surface area contributed by atoms with Crippen LogP contribution >= 0.6 is 0 Å². The molecule has 1 heterocycles. The Morgan fingerprint density at radius 3 is 2.76 bits per heavy atom. The monoisotopic (exact) mass is 238 g/mol. The number of hydrazine groups is 1. The molecule has 0 fully saturated rings. The molecule has 0 bridgehead atoms. The molecule has 1 aromatic heterocycles. The second-order valence-electron chi connectivity index (χ2n) is 4.06. The van der Waals surface area contributed by atoms with E-state index in [1.54, 1.807) is 7.11 Å². The Kier molecular flexibility index (Phi) is 5.90. The Labute approximate surface area is 103 Å². The second-order valence-corrected chi connectivity index (χ2v) is 4.06. The van der Waals surface area contributed by atoms with Crippen LogP contribution in [-0.4, -0.2) is 36.2 Å². The van der Waals surface area contributed by atoms with Crippen LogP contribution in [0.5, 0.6) is 0 Å². The SMILES string of the molecule is CCN(Cc1ccc(NN)nc1)C(C)COC. The summed E-state index contributed by atoms with van der Waals surface area (Å²) < 4.78 is 5.18. The second kappa shape index (κ2) is 7.21. The van der Waals surface area contributed by atoms with E-state index in [0.717, 1.165) is 19.7 Å². The number of pyridine rings is 1. The first kappa shape index (κ1) is 13.9. The number of anilines is 1. The summed E-state index contributed by atoms with van der Waals surface area (Å²) in [5, 5.41) is 0. The molecule has 0 aromatic carbocycles. The molecule has 1 atom stereocenters. The van der Waals surface area contributed by atoms with Crippen LogP contribution in [0.25, 0.3) is 0 Å². The number of ether oxygens (including phenoxy) is 1. The number of nitrogens with one attached hydrogen (secondary N) is 1. The molecular formula is C12H22N4O. The van der Waals surface area contributed by atoms with Gasteiger partial charge >= 0.3 is 0 Å². The van der Waals surface area contributed by atoms with Gasteiger partial charge in [-0.1, -0.05) is 13.0 Å². The number of likely N-dealkylation sites (N-methyl/N-ethyl adjacent to an activating group) is 1. The fourth-order valence-corrected chi connectivity index (χ4v) is 1.76. The molecule has 0 saturated carbocycles. The molecule has 0 radical (unpaired) electrons. The smallest absolute Gasteiger partial charge is 0.139 e. The average Bonchev–Trinajstić information content (AvgIpc) is 2.37. The summed E-state index contributed by atoms with van der Waals surface area (Å²) in [5.74, 6) is 5.96. The van der Waals surface area contributed by atoms with Crippen molar-refractivity contribution in [3.05, 3.63) is 23.9 Å². The minimum absolute atomic E-state index is 0.400. The third-order valence-corrected chi connectivity index (χ3v) is 2.80. The molecule has 0 amide bonds. The van der Waals surface area contributed by atoms with Crippen molar-refractivity contribution in [3.8, 4) is 0 Å². The number of rotatable bonds is 7. The van der Waals surface area contributed by atoms with Crippen molar-refractivity contribution < 1.29 is 4.74 Å². The summed E-state index contributed by atoms with van der Waals surface area (Å²) in [7, 11) is 1.73. The van der Waals surface area contributed by atoms with Crippen LogP contribution < -0.4 is 11.3 Å². The highest BCUT2D eigenvalue weighted by atomic mass is 16.5. The summed E-state index contributed by atoms with van der Waals surface area (Å²) in [6, 6.07) is 4.31. The van der Waals surface area contributed by atoms with E-state index in [2.05, 4.69) is 29.2 Å². The standard InChI is InChI=1S/C12H22N4O/c1-4-16(10(2)9-17-3)8-11-5-6-12(15-13)14-7-11/h5-7,10H,4,8-9,13H2,1-3H3,(H,14,15). The number of aromatic nitrogens is 1. The van der Waals surface area contributed by atoms with Gasteiger partial charge in [-0.15, -0.1) is 0 Å². The Morgan fingerprint density at radius 1 is 1.53 bits per heavy atom. The van der Waals surface area contributed by atoms with Gasteiger partial charge in [-0.25, -0.2) is 10.8 Å². The van der Waals surface area contributed by atoms with Crippen molar-refractivity contribution in [3.63, 3.8) is 0 Å². The van der Waals surface area contributed by atoms with Gasteiger partial charge in [-0.3, -0.25) is 4.90 Å². The van der Waals surface area contributed by atoms with Crippen molar-refractivity contribution in [1.29, 1.82) is 0 Å². The topological polar surface area (TPSA) is 63.4 Å². The summed E-state index contributed by atoms with van der Waals surface area (Å²) in [5.41, 5.74) is 3.69. The molecule has 1 rings (SSSR count). The lowest BCUT2D eigenvalue weighted by Crippen LogP contribution is -2.35. The molecule has 96 valence electrons. The molecule has 0 spiro atoms. The van der Waals surface area contributed by atoms with Crippen LogP contribution in [0.4, 0.5) is 5.82 Å². The maximum absolute atomic E-state index is 5.28. The highest BCUT2D eigenvalue weighted by Gasteiger charge is 2.12. The summed E-state index contributed by atoms with van der Waals surface area (Å²) >= 11 is 0. The van der Waals surface area contributed by atoms with Crippen molar-refractivity contribution >= 4 is 5.82 Å². The quantitative estimate of drug-likeness (QED) is 0.552. The van der Waals surface area contributed by atoms with Crippen LogP contribution in [0.1, 0.15) is 19.4 Å². The van der Waals surface area contributed by atoms with Crippen molar-refractivity contribution in [2.75, 3.05) is 25.7 Å². The van der Waals surface area contributed by atoms with Crippen molar-refractivity contribution in [1.82, 2.24) is 9.88 Å². The molecule has 1 unspecified atom stereocenters. The third kappa shape index (κ3) is 4.30. The predicted octanol–water partition coefficient (Wildman–Crippen LogP) is 1.22. The maximum Gasteiger partial charge on any atom is 0.139 e. The lowest BCUT2D eigenvalue weighted by molar-refractivity contribution is 0.0981. The molecule has 0 aliphatic carbocycles. The Morgan fingerprint density at radius 2 is 2.29 bits per heavy atom. The summed E-state index contributed by atoms with van der Waals surface area (Å²) in [4.78, 5) is 6.54. The fraction of sp³-hybridized carbons (Fsp3) is 0.583. The Balaban J connectivity index is 2.60. The number of nitrogens with two attached hydrogens (primary N) is 1. The van der Waals surface area contributed by atoms with E-state index < -0.39 is 0 Å². The number of methoxy groups -OCH3 is 1. The minimum Gasteiger partial charge on any atom is -0.383 e. The van der Waals surface area contributed by atoms with Gasteiger partial charge in [0.15, 0.2) is 0 Å². The first-order valence-corrected chi connectivity index (χ1v) is 5.85. The third-order valence-electron chi connectivity index (χ3n) is 2.80. The lowest BCUT2D eigenvalue weighted by Gasteiger charge is -2.27. The van der Waals surface area contributed by atoms with Crippen molar-refractivity contribution in [2.24, 2.45) is 5.84 Å². The molecule has 0 aliphatic heterocycles. The lowest BCUT2D eigenvalue weighted by atomic mass is 10.2. The van der Waals surface area contributed by atoms with Gasteiger partial charge in [0, 0.05) is 25.9 Å². The molecule has 17 heavy (non-hydrogen) atoms. The highest BCUT2D eigenvalue weighted by Crippen LogP contribution is 2.09. The molecule has 0 aliphatic rings. The average molecular weight is 238 g/mol. The van der Waals surface area contributed by atoms with Gasteiger partial charge in [-0.2, -0.15) is 0 Å². The number of nitrogens with zero attached hydrogens (tertiary/aromatic N) is 2. The number of nitrogen functional groups attached to an aromatic ring is 1. The first-order chi connectivity index (χ1) is 8.21. The summed E-state index contributed by atoms with van der Waals surface area (Å²) in [6.45, 7) is 6.91. The van der Waals surface area contributed by atoms with Crippen molar-refractivity contribution in [2.45, 2.75) is 26.4 Å². The number of hydrogen-bond acceptors (Lipinski definition) is 5. The Hall–Kier alpha value is -1.17. The normalized spacial score (nSPS) is 12.8. The molecule has 5 heteroatoms. The first-order valence-electron chi connectivity index (χ1n) is 5.85. The van der Waals surface area contributed by atoms with Gasteiger partial charge in [-0.05, 0) is 25.1 Å². The summed E-state index contributed by atoms with van der Waals surface area (Å²) in [6.07, 6.45) is 1.84. The van der Waals surface area contributed by atoms with Gasteiger partial charge in [0.25, 0.3) is 0 Å². The zero-order chi connectivity index (χ0) is 12.7. The molecule has 5 nitrogen and oxygen atoms in total. The highest BCUT2D eigenvalue weighted by molar-refractivity contribution is 5.33.